The van der Waals surface area contributed by atoms with E-state index in [0.29, 0.717) is 11.6 Å². The molecule has 1 N–H and O–H groups in total. The molecule has 5 rings (SSSR count). The van der Waals surface area contributed by atoms with Gasteiger partial charge in [-0.3, -0.25) is 14.8 Å². The third-order valence-electron chi connectivity index (χ3n) is 5.85. The standard InChI is InChI=1S/C25H24N6O3S/c1-31(2)35(33,34)20-5-3-4-17(10-20)25(32)28-13-19-11-22-18(12-27-19)8-9-21(29-22)24-15-26-14-23(30-24)16-6-7-16/h3-5,8-12,14-16H,6-7,13H2,1-2H3,(H,28,32). The van der Waals surface area contributed by atoms with E-state index in [1.807, 2.05) is 24.4 Å². The molecule has 0 bridgehead atoms. The van der Waals surface area contributed by atoms with E-state index < -0.39 is 15.9 Å². The molecular formula is C25H24N6O3S. The van der Waals surface area contributed by atoms with Crippen LogP contribution >= 0.6 is 0 Å². The summed E-state index contributed by atoms with van der Waals surface area (Å²) in [6.07, 6.45) is 7.55. The molecule has 1 saturated carbocycles. The van der Waals surface area contributed by atoms with E-state index in [-0.39, 0.29) is 17.0 Å². The van der Waals surface area contributed by atoms with Crippen molar-refractivity contribution >= 4 is 26.8 Å². The number of nitrogens with one attached hydrogen (secondary N) is 1. The second kappa shape index (κ2) is 9.12. The molecule has 1 aliphatic rings. The van der Waals surface area contributed by atoms with Gasteiger partial charge in [-0.05, 0) is 49.2 Å². The first-order valence-electron chi connectivity index (χ1n) is 11.2. The van der Waals surface area contributed by atoms with Gasteiger partial charge < -0.3 is 5.32 Å². The number of nitrogens with zero attached hydrogens (tertiary/aromatic N) is 5. The van der Waals surface area contributed by atoms with Crippen molar-refractivity contribution < 1.29 is 13.2 Å². The quantitative estimate of drug-likeness (QED) is 0.425. The van der Waals surface area contributed by atoms with Gasteiger partial charge in [0.2, 0.25) is 10.0 Å². The lowest BCUT2D eigenvalue weighted by molar-refractivity contribution is 0.0950. The first kappa shape index (κ1) is 23.0. The summed E-state index contributed by atoms with van der Waals surface area (Å²) in [7, 11) is -0.737. The first-order chi connectivity index (χ1) is 16.8. The van der Waals surface area contributed by atoms with Crippen LogP contribution < -0.4 is 5.32 Å². The highest BCUT2D eigenvalue weighted by atomic mass is 32.2. The summed E-state index contributed by atoms with van der Waals surface area (Å²) < 4.78 is 25.8. The lowest BCUT2D eigenvalue weighted by atomic mass is 10.2. The Balaban J connectivity index is 1.34. The van der Waals surface area contributed by atoms with Gasteiger partial charge in [-0.15, -0.1) is 0 Å². The molecule has 10 heteroatoms. The van der Waals surface area contributed by atoms with Crippen molar-refractivity contribution in [2.75, 3.05) is 14.1 Å². The van der Waals surface area contributed by atoms with Crippen LogP contribution in [0, 0.1) is 0 Å². The number of aromatic nitrogens is 4. The molecule has 1 aromatic carbocycles. The van der Waals surface area contributed by atoms with Gasteiger partial charge >= 0.3 is 0 Å². The van der Waals surface area contributed by atoms with Crippen LogP contribution in [0.15, 0.2) is 66.0 Å². The van der Waals surface area contributed by atoms with E-state index in [2.05, 4.69) is 15.3 Å². The smallest absolute Gasteiger partial charge is 0.251 e. The largest absolute Gasteiger partial charge is 0.346 e. The molecule has 0 atom stereocenters. The van der Waals surface area contributed by atoms with Crippen molar-refractivity contribution in [2.24, 2.45) is 0 Å². The van der Waals surface area contributed by atoms with Crippen LogP contribution in [0.1, 0.15) is 40.5 Å². The number of amides is 1. The van der Waals surface area contributed by atoms with Gasteiger partial charge in [0.15, 0.2) is 0 Å². The Kier molecular flexibility index (Phi) is 6.00. The fourth-order valence-corrected chi connectivity index (χ4v) is 4.61. The highest BCUT2D eigenvalue weighted by Gasteiger charge is 2.25. The molecule has 3 heterocycles. The van der Waals surface area contributed by atoms with E-state index >= 15 is 0 Å². The minimum Gasteiger partial charge on any atom is -0.346 e. The highest BCUT2D eigenvalue weighted by molar-refractivity contribution is 7.89. The zero-order valence-corrected chi connectivity index (χ0v) is 20.2. The van der Waals surface area contributed by atoms with Crippen LogP contribution in [0.3, 0.4) is 0 Å². The SMILES string of the molecule is CN(C)S(=O)(=O)c1cccc(C(=O)NCc2cc3nc(-c4cncc(C5CC5)n4)ccc3cn2)c1. The van der Waals surface area contributed by atoms with E-state index in [4.69, 9.17) is 9.97 Å². The zero-order valence-electron chi connectivity index (χ0n) is 19.3. The zero-order chi connectivity index (χ0) is 24.6. The van der Waals surface area contributed by atoms with Crippen molar-refractivity contribution in [3.05, 3.63) is 78.0 Å². The summed E-state index contributed by atoms with van der Waals surface area (Å²) in [6, 6.07) is 11.6. The summed E-state index contributed by atoms with van der Waals surface area (Å²) in [4.78, 5) is 30.9. The van der Waals surface area contributed by atoms with E-state index in [1.54, 1.807) is 24.5 Å². The number of carbonyl (C=O) groups is 1. The van der Waals surface area contributed by atoms with Crippen molar-refractivity contribution in [3.8, 4) is 11.4 Å². The van der Waals surface area contributed by atoms with Gasteiger partial charge in [0.25, 0.3) is 5.91 Å². The van der Waals surface area contributed by atoms with Crippen molar-refractivity contribution in [1.82, 2.24) is 29.6 Å². The summed E-state index contributed by atoms with van der Waals surface area (Å²) in [5, 5.41) is 3.67. The molecule has 0 aliphatic heterocycles. The molecule has 0 spiro atoms. The Hall–Kier alpha value is -3.76. The summed E-state index contributed by atoms with van der Waals surface area (Å²) in [5.74, 6) is 0.114. The predicted octanol–water partition coefficient (Wildman–Crippen LogP) is 3.14. The van der Waals surface area contributed by atoms with Gasteiger partial charge in [-0.2, -0.15) is 0 Å². The molecule has 0 unspecified atom stereocenters. The van der Waals surface area contributed by atoms with Crippen LogP contribution in [0.4, 0.5) is 0 Å². The topological polar surface area (TPSA) is 118 Å². The number of hydrogen-bond acceptors (Lipinski definition) is 7. The fraction of sp³-hybridized carbons (Fsp3) is 0.240. The van der Waals surface area contributed by atoms with Crippen LogP contribution in [-0.2, 0) is 16.6 Å². The number of hydrogen-bond donors (Lipinski definition) is 1. The lowest BCUT2D eigenvalue weighted by Gasteiger charge is -2.12. The second-order valence-electron chi connectivity index (χ2n) is 8.67. The third kappa shape index (κ3) is 4.89. The maximum atomic E-state index is 12.7. The maximum absolute atomic E-state index is 12.7. The predicted molar refractivity (Wildman–Crippen MR) is 131 cm³/mol. The summed E-state index contributed by atoms with van der Waals surface area (Å²) >= 11 is 0. The number of benzene rings is 1. The van der Waals surface area contributed by atoms with Crippen molar-refractivity contribution in [1.29, 1.82) is 0 Å². The molecule has 4 aromatic rings. The molecular weight excluding hydrogens is 464 g/mol. The van der Waals surface area contributed by atoms with Crippen molar-refractivity contribution in [3.63, 3.8) is 0 Å². The molecule has 3 aromatic heterocycles. The average molecular weight is 489 g/mol. The maximum Gasteiger partial charge on any atom is 0.251 e. The van der Waals surface area contributed by atoms with Crippen LogP contribution in [-0.4, -0.2) is 52.7 Å². The van der Waals surface area contributed by atoms with Gasteiger partial charge in [0.1, 0.15) is 5.69 Å². The molecule has 1 aliphatic carbocycles. The molecule has 9 nitrogen and oxygen atoms in total. The number of pyridine rings is 2. The van der Waals surface area contributed by atoms with Gasteiger partial charge in [0, 0.05) is 43.4 Å². The summed E-state index contributed by atoms with van der Waals surface area (Å²) in [5.41, 5.74) is 4.08. The van der Waals surface area contributed by atoms with Gasteiger partial charge in [-0.25, -0.2) is 22.7 Å². The number of fused-ring (bicyclic) bond motifs is 1. The molecule has 178 valence electrons. The average Bonchev–Trinajstić information content (AvgIpc) is 3.72. The van der Waals surface area contributed by atoms with E-state index in [1.165, 1.54) is 26.2 Å². The molecule has 35 heavy (non-hydrogen) atoms. The first-order valence-corrected chi connectivity index (χ1v) is 12.6. The second-order valence-corrected chi connectivity index (χ2v) is 10.8. The van der Waals surface area contributed by atoms with Crippen LogP contribution in [0.2, 0.25) is 0 Å². The Morgan fingerprint density at radius 2 is 1.86 bits per heavy atom. The van der Waals surface area contributed by atoms with E-state index in [9.17, 15) is 13.2 Å². The Labute approximate surface area is 203 Å². The van der Waals surface area contributed by atoms with Crippen LogP contribution in [0.25, 0.3) is 22.3 Å². The fourth-order valence-electron chi connectivity index (χ4n) is 3.66. The van der Waals surface area contributed by atoms with Gasteiger partial charge in [-0.1, -0.05) is 6.07 Å². The van der Waals surface area contributed by atoms with Gasteiger partial charge in [0.05, 0.1) is 40.2 Å². The van der Waals surface area contributed by atoms with E-state index in [0.717, 1.165) is 45.1 Å². The molecule has 1 amide bonds. The Morgan fingerprint density at radius 3 is 2.63 bits per heavy atom. The normalized spacial score (nSPS) is 13.8. The lowest BCUT2D eigenvalue weighted by Crippen LogP contribution is -2.25. The Morgan fingerprint density at radius 1 is 1.03 bits per heavy atom. The minimum atomic E-state index is -3.63. The molecule has 1 fully saturated rings. The highest BCUT2D eigenvalue weighted by Crippen LogP contribution is 2.39. The van der Waals surface area contributed by atoms with Crippen LogP contribution in [0.5, 0.6) is 0 Å². The third-order valence-corrected chi connectivity index (χ3v) is 7.66. The minimum absolute atomic E-state index is 0.0598. The summed E-state index contributed by atoms with van der Waals surface area (Å²) in [6.45, 7) is 0.169. The number of carbonyl (C=O) groups excluding carboxylic acids is 1. The van der Waals surface area contributed by atoms with Crippen molar-refractivity contribution in [2.45, 2.75) is 30.2 Å². The molecule has 0 saturated heterocycles. The molecule has 0 radical (unpaired) electrons. The Bertz CT molecular complexity index is 1530. The number of sulfonamides is 1. The monoisotopic (exact) mass is 488 g/mol. The number of rotatable bonds is 7.